The smallest absolute Gasteiger partial charge is 0.251 e. The molecule has 0 unspecified atom stereocenters. The lowest BCUT2D eigenvalue weighted by Crippen LogP contribution is -2.46. The summed E-state index contributed by atoms with van der Waals surface area (Å²) in [5.74, 6) is 0.561. The van der Waals surface area contributed by atoms with Crippen LogP contribution in [0, 0.1) is 0 Å². The second-order valence-corrected chi connectivity index (χ2v) is 4.87. The third kappa shape index (κ3) is 4.37. The van der Waals surface area contributed by atoms with E-state index in [0.717, 1.165) is 12.2 Å². The van der Waals surface area contributed by atoms with E-state index >= 15 is 0 Å². The average molecular weight is 251 g/mol. The van der Waals surface area contributed by atoms with Crippen LogP contribution in [-0.2, 0) is 0 Å². The monoisotopic (exact) mass is 251 g/mol. The van der Waals surface area contributed by atoms with Crippen LogP contribution >= 0.6 is 0 Å². The summed E-state index contributed by atoms with van der Waals surface area (Å²) in [6.45, 7) is 6.14. The first-order valence-corrected chi connectivity index (χ1v) is 6.15. The molecule has 0 aromatic heterocycles. The van der Waals surface area contributed by atoms with Crippen LogP contribution in [0.2, 0.25) is 0 Å². The molecule has 0 radical (unpaired) electrons. The summed E-state index contributed by atoms with van der Waals surface area (Å²) >= 11 is 0. The number of amides is 1. The minimum Gasteiger partial charge on any atom is -0.494 e. The van der Waals surface area contributed by atoms with Crippen LogP contribution < -0.4 is 10.1 Å². The highest BCUT2D eigenvalue weighted by Gasteiger charge is 2.19. The molecular formula is C14H21NO3. The first-order chi connectivity index (χ1) is 8.48. The van der Waals surface area contributed by atoms with Crippen LogP contribution in [-0.4, -0.2) is 29.8 Å². The van der Waals surface area contributed by atoms with Crippen molar-refractivity contribution < 1.29 is 14.6 Å². The molecule has 100 valence electrons. The molecule has 0 atom stereocenters. The maximum absolute atomic E-state index is 11.9. The van der Waals surface area contributed by atoms with Crippen LogP contribution in [0.15, 0.2) is 24.3 Å². The average Bonchev–Trinajstić information content (AvgIpc) is 2.36. The molecule has 0 bridgehead atoms. The van der Waals surface area contributed by atoms with Gasteiger partial charge in [0.25, 0.3) is 5.91 Å². The van der Waals surface area contributed by atoms with E-state index in [-0.39, 0.29) is 12.5 Å². The predicted molar refractivity (Wildman–Crippen MR) is 70.9 cm³/mol. The maximum atomic E-state index is 11.9. The first-order valence-electron chi connectivity index (χ1n) is 6.15. The molecule has 2 N–H and O–H groups in total. The third-order valence-corrected chi connectivity index (χ3v) is 2.44. The number of hydrogen-bond donors (Lipinski definition) is 2. The standard InChI is InChI=1S/C14H21NO3/c1-4-9-18-12-7-5-11(6-8-12)13(17)15-14(2,3)10-16/h5-8,16H,4,9-10H2,1-3H3,(H,15,17). The normalized spacial score (nSPS) is 11.1. The number of aliphatic hydroxyl groups excluding tert-OH is 1. The van der Waals surface area contributed by atoms with Gasteiger partial charge in [-0.3, -0.25) is 4.79 Å². The van der Waals surface area contributed by atoms with Gasteiger partial charge in [0.15, 0.2) is 0 Å². The quantitative estimate of drug-likeness (QED) is 0.812. The first kappa shape index (κ1) is 14.5. The summed E-state index contributed by atoms with van der Waals surface area (Å²) in [7, 11) is 0. The molecule has 1 aromatic rings. The molecule has 0 saturated heterocycles. The Morgan fingerprint density at radius 1 is 1.33 bits per heavy atom. The van der Waals surface area contributed by atoms with E-state index in [1.165, 1.54) is 0 Å². The molecule has 4 heteroatoms. The van der Waals surface area contributed by atoms with Crippen molar-refractivity contribution in [2.75, 3.05) is 13.2 Å². The molecule has 0 aliphatic heterocycles. The fraction of sp³-hybridized carbons (Fsp3) is 0.500. The van der Waals surface area contributed by atoms with Crippen LogP contribution in [0.5, 0.6) is 5.75 Å². The number of rotatable bonds is 6. The lowest BCUT2D eigenvalue weighted by Gasteiger charge is -2.23. The zero-order chi connectivity index (χ0) is 13.6. The second-order valence-electron chi connectivity index (χ2n) is 4.87. The Hall–Kier alpha value is -1.55. The van der Waals surface area contributed by atoms with Crippen molar-refractivity contribution in [3.8, 4) is 5.75 Å². The van der Waals surface area contributed by atoms with Gasteiger partial charge in [-0.15, -0.1) is 0 Å². The zero-order valence-electron chi connectivity index (χ0n) is 11.2. The van der Waals surface area contributed by atoms with E-state index in [1.54, 1.807) is 38.1 Å². The molecule has 0 fully saturated rings. The van der Waals surface area contributed by atoms with Gasteiger partial charge in [-0.05, 0) is 44.5 Å². The molecule has 0 spiro atoms. The van der Waals surface area contributed by atoms with E-state index < -0.39 is 5.54 Å². The van der Waals surface area contributed by atoms with Gasteiger partial charge in [0.2, 0.25) is 0 Å². The fourth-order valence-electron chi connectivity index (χ4n) is 1.34. The van der Waals surface area contributed by atoms with Gasteiger partial charge in [-0.2, -0.15) is 0 Å². The van der Waals surface area contributed by atoms with E-state index in [2.05, 4.69) is 5.32 Å². The van der Waals surface area contributed by atoms with E-state index in [0.29, 0.717) is 12.2 Å². The largest absolute Gasteiger partial charge is 0.494 e. The van der Waals surface area contributed by atoms with E-state index in [9.17, 15) is 4.79 Å². The molecule has 0 heterocycles. The highest BCUT2D eigenvalue weighted by atomic mass is 16.5. The van der Waals surface area contributed by atoms with Crippen molar-refractivity contribution in [1.82, 2.24) is 5.32 Å². The number of aliphatic hydroxyl groups is 1. The summed E-state index contributed by atoms with van der Waals surface area (Å²) in [4.78, 5) is 11.9. The Morgan fingerprint density at radius 2 is 1.94 bits per heavy atom. The van der Waals surface area contributed by atoms with Gasteiger partial charge in [0.05, 0.1) is 18.8 Å². The van der Waals surface area contributed by atoms with Crippen LogP contribution in [0.4, 0.5) is 0 Å². The minimum atomic E-state index is -0.617. The number of carbonyl (C=O) groups excluding carboxylic acids is 1. The summed E-state index contributed by atoms with van der Waals surface area (Å²) < 4.78 is 5.44. The Kier molecular flexibility index (Phi) is 5.16. The van der Waals surface area contributed by atoms with Gasteiger partial charge < -0.3 is 15.2 Å². The van der Waals surface area contributed by atoms with Crippen LogP contribution in [0.25, 0.3) is 0 Å². The molecule has 1 aromatic carbocycles. The van der Waals surface area contributed by atoms with Gasteiger partial charge in [0, 0.05) is 5.56 Å². The maximum Gasteiger partial charge on any atom is 0.251 e. The number of ether oxygens (including phenoxy) is 1. The summed E-state index contributed by atoms with van der Waals surface area (Å²) in [6, 6.07) is 6.98. The summed E-state index contributed by atoms with van der Waals surface area (Å²) in [5, 5.41) is 11.9. The molecule has 4 nitrogen and oxygen atoms in total. The van der Waals surface area contributed by atoms with Crippen LogP contribution in [0.3, 0.4) is 0 Å². The topological polar surface area (TPSA) is 58.6 Å². The Bertz CT molecular complexity index is 385. The highest BCUT2D eigenvalue weighted by molar-refractivity contribution is 5.94. The number of hydrogen-bond acceptors (Lipinski definition) is 3. The second kappa shape index (κ2) is 6.40. The van der Waals surface area contributed by atoms with Crippen molar-refractivity contribution >= 4 is 5.91 Å². The van der Waals surface area contributed by atoms with Gasteiger partial charge in [-0.25, -0.2) is 0 Å². The van der Waals surface area contributed by atoms with Crippen molar-refractivity contribution in [2.24, 2.45) is 0 Å². The molecule has 0 aliphatic carbocycles. The van der Waals surface area contributed by atoms with Crippen molar-refractivity contribution in [2.45, 2.75) is 32.7 Å². The third-order valence-electron chi connectivity index (χ3n) is 2.44. The lowest BCUT2D eigenvalue weighted by atomic mass is 10.1. The summed E-state index contributed by atoms with van der Waals surface area (Å²) in [5.41, 5.74) is -0.0607. The highest BCUT2D eigenvalue weighted by Crippen LogP contribution is 2.13. The minimum absolute atomic E-state index is 0.101. The number of carbonyl (C=O) groups is 1. The molecule has 18 heavy (non-hydrogen) atoms. The van der Waals surface area contributed by atoms with Gasteiger partial charge in [0.1, 0.15) is 5.75 Å². The Labute approximate surface area is 108 Å². The zero-order valence-corrected chi connectivity index (χ0v) is 11.2. The summed E-state index contributed by atoms with van der Waals surface area (Å²) in [6.07, 6.45) is 0.951. The predicted octanol–water partition coefficient (Wildman–Crippen LogP) is 1.98. The molecule has 0 saturated carbocycles. The van der Waals surface area contributed by atoms with Crippen LogP contribution in [0.1, 0.15) is 37.6 Å². The van der Waals surface area contributed by atoms with Gasteiger partial charge in [-0.1, -0.05) is 6.92 Å². The molecular weight excluding hydrogens is 230 g/mol. The van der Waals surface area contributed by atoms with Crippen molar-refractivity contribution in [3.63, 3.8) is 0 Å². The number of benzene rings is 1. The molecule has 0 aliphatic rings. The SMILES string of the molecule is CCCOc1ccc(C(=O)NC(C)(C)CO)cc1. The van der Waals surface area contributed by atoms with Crippen molar-refractivity contribution in [3.05, 3.63) is 29.8 Å². The Morgan fingerprint density at radius 3 is 2.44 bits per heavy atom. The van der Waals surface area contributed by atoms with Crippen molar-refractivity contribution in [1.29, 1.82) is 0 Å². The van der Waals surface area contributed by atoms with E-state index in [4.69, 9.17) is 9.84 Å². The Balaban J connectivity index is 2.64. The van der Waals surface area contributed by atoms with Gasteiger partial charge >= 0.3 is 0 Å². The fourth-order valence-corrected chi connectivity index (χ4v) is 1.34. The lowest BCUT2D eigenvalue weighted by molar-refractivity contribution is 0.0869. The molecule has 1 amide bonds. The number of nitrogens with one attached hydrogen (secondary N) is 1. The molecule has 1 rings (SSSR count). The van der Waals surface area contributed by atoms with E-state index in [1.807, 2.05) is 6.92 Å².